The van der Waals surface area contributed by atoms with Gasteiger partial charge in [-0.25, -0.2) is 0 Å². The normalized spacial score (nSPS) is 9.92. The van der Waals surface area contributed by atoms with Gasteiger partial charge in [-0.1, -0.05) is 18.5 Å². The second-order valence-corrected chi connectivity index (χ2v) is 3.82. The smallest absolute Gasteiger partial charge is 0.0568 e. The Hall–Kier alpha value is -0.210. The summed E-state index contributed by atoms with van der Waals surface area (Å²) in [7, 11) is 0. The van der Waals surface area contributed by atoms with E-state index in [9.17, 15) is 0 Å². The molecule has 1 rings (SSSR count). The number of anilines is 1. The van der Waals surface area contributed by atoms with Gasteiger partial charge in [0.2, 0.25) is 0 Å². The fraction of sp³-hybridized carbons (Fsp3) is 0.333. The molecule has 1 aromatic rings. The summed E-state index contributed by atoms with van der Waals surface area (Å²) >= 11 is 9.24. The monoisotopic (exact) mass is 247 g/mol. The van der Waals surface area contributed by atoms with Crippen molar-refractivity contribution in [1.29, 1.82) is 0 Å². The number of nitrogens with one attached hydrogen (secondary N) is 1. The van der Waals surface area contributed by atoms with Gasteiger partial charge in [-0.05, 0) is 40.5 Å². The Morgan fingerprint density at radius 2 is 2.25 bits per heavy atom. The molecule has 0 amide bonds. The molecule has 3 heteroatoms. The quantitative estimate of drug-likeness (QED) is 0.855. The summed E-state index contributed by atoms with van der Waals surface area (Å²) < 4.78 is 0.936. The summed E-state index contributed by atoms with van der Waals surface area (Å²) in [6, 6.07) is 5.87. The van der Waals surface area contributed by atoms with Crippen molar-refractivity contribution in [1.82, 2.24) is 0 Å². The molecule has 1 aromatic carbocycles. The summed E-state index contributed by atoms with van der Waals surface area (Å²) in [6.45, 7) is 3.12. The van der Waals surface area contributed by atoms with Crippen molar-refractivity contribution >= 4 is 33.2 Å². The first-order valence-electron chi connectivity index (χ1n) is 3.93. The van der Waals surface area contributed by atoms with Gasteiger partial charge in [0.05, 0.1) is 5.02 Å². The average molecular weight is 249 g/mol. The van der Waals surface area contributed by atoms with Crippen molar-refractivity contribution in [2.45, 2.75) is 13.3 Å². The van der Waals surface area contributed by atoms with Crippen molar-refractivity contribution in [3.63, 3.8) is 0 Å². The molecule has 0 atom stereocenters. The Balaban J connectivity index is 2.69. The van der Waals surface area contributed by atoms with Crippen LogP contribution >= 0.6 is 27.5 Å². The van der Waals surface area contributed by atoms with E-state index in [0.717, 1.165) is 28.1 Å². The maximum absolute atomic E-state index is 5.91. The zero-order chi connectivity index (χ0) is 8.97. The summed E-state index contributed by atoms with van der Waals surface area (Å²) in [6.07, 6.45) is 1.12. The van der Waals surface area contributed by atoms with Gasteiger partial charge in [-0.3, -0.25) is 0 Å². The molecule has 1 N–H and O–H groups in total. The zero-order valence-electron chi connectivity index (χ0n) is 6.90. The van der Waals surface area contributed by atoms with Crippen LogP contribution in [0.2, 0.25) is 5.02 Å². The molecule has 0 aliphatic carbocycles. The van der Waals surface area contributed by atoms with E-state index in [1.807, 2.05) is 18.2 Å². The van der Waals surface area contributed by atoms with E-state index >= 15 is 0 Å². The fourth-order valence-electron chi connectivity index (χ4n) is 0.875. The molecular formula is C9H11BrClN. The lowest BCUT2D eigenvalue weighted by Gasteiger charge is -2.05. The van der Waals surface area contributed by atoms with Crippen LogP contribution in [-0.4, -0.2) is 6.54 Å². The van der Waals surface area contributed by atoms with Crippen LogP contribution in [0.25, 0.3) is 0 Å². The predicted octanol–water partition coefficient (Wildman–Crippen LogP) is 3.92. The highest BCUT2D eigenvalue weighted by molar-refractivity contribution is 9.10. The van der Waals surface area contributed by atoms with Crippen molar-refractivity contribution in [2.24, 2.45) is 0 Å². The third kappa shape index (κ3) is 2.68. The third-order valence-corrected chi connectivity index (χ3v) is 2.73. The van der Waals surface area contributed by atoms with Gasteiger partial charge in [-0.15, -0.1) is 0 Å². The molecule has 0 aliphatic heterocycles. The maximum atomic E-state index is 5.91. The van der Waals surface area contributed by atoms with Crippen LogP contribution in [0, 0.1) is 0 Å². The fourth-order valence-corrected chi connectivity index (χ4v) is 1.30. The summed E-state index contributed by atoms with van der Waals surface area (Å²) in [5, 5.41) is 4.00. The molecule has 0 spiro atoms. The molecule has 0 fully saturated rings. The van der Waals surface area contributed by atoms with E-state index in [1.54, 1.807) is 0 Å². The molecule has 0 aromatic heterocycles. The first kappa shape index (κ1) is 9.87. The molecule has 0 saturated heterocycles. The number of hydrogen-bond acceptors (Lipinski definition) is 1. The van der Waals surface area contributed by atoms with Crippen molar-refractivity contribution in [2.75, 3.05) is 11.9 Å². The van der Waals surface area contributed by atoms with E-state index in [2.05, 4.69) is 28.2 Å². The van der Waals surface area contributed by atoms with Crippen LogP contribution in [0.1, 0.15) is 13.3 Å². The van der Waals surface area contributed by atoms with Gasteiger partial charge in [0.1, 0.15) is 0 Å². The van der Waals surface area contributed by atoms with Gasteiger partial charge in [0, 0.05) is 16.7 Å². The minimum atomic E-state index is 0.746. The lowest BCUT2D eigenvalue weighted by Crippen LogP contribution is -1.98. The minimum Gasteiger partial charge on any atom is -0.385 e. The van der Waals surface area contributed by atoms with Gasteiger partial charge < -0.3 is 5.32 Å². The molecule has 1 nitrogen and oxygen atoms in total. The van der Waals surface area contributed by atoms with Gasteiger partial charge >= 0.3 is 0 Å². The van der Waals surface area contributed by atoms with Gasteiger partial charge in [0.15, 0.2) is 0 Å². The molecule has 0 saturated carbocycles. The molecule has 0 radical (unpaired) electrons. The Morgan fingerprint density at radius 3 is 2.83 bits per heavy atom. The highest BCUT2D eigenvalue weighted by Gasteiger charge is 1.96. The van der Waals surface area contributed by atoms with Crippen LogP contribution in [-0.2, 0) is 0 Å². The average Bonchev–Trinajstić information content (AvgIpc) is 2.07. The van der Waals surface area contributed by atoms with Gasteiger partial charge in [0.25, 0.3) is 0 Å². The number of hydrogen-bond donors (Lipinski definition) is 1. The van der Waals surface area contributed by atoms with E-state index in [-0.39, 0.29) is 0 Å². The molecule has 66 valence electrons. The van der Waals surface area contributed by atoms with Gasteiger partial charge in [-0.2, -0.15) is 0 Å². The van der Waals surface area contributed by atoms with Crippen molar-refractivity contribution in [3.05, 3.63) is 27.7 Å². The lowest BCUT2D eigenvalue weighted by molar-refractivity contribution is 0.980. The number of rotatable bonds is 3. The molecule has 0 heterocycles. The van der Waals surface area contributed by atoms with Crippen LogP contribution in [0.3, 0.4) is 0 Å². The second-order valence-electron chi connectivity index (χ2n) is 2.56. The predicted molar refractivity (Wildman–Crippen MR) is 57.9 cm³/mol. The highest BCUT2D eigenvalue weighted by Crippen LogP contribution is 2.25. The van der Waals surface area contributed by atoms with Crippen LogP contribution in [0.15, 0.2) is 22.7 Å². The SMILES string of the molecule is CCCNc1ccc(Br)c(Cl)c1. The van der Waals surface area contributed by atoms with E-state index in [1.165, 1.54) is 0 Å². The largest absolute Gasteiger partial charge is 0.385 e. The molecule has 0 bridgehead atoms. The van der Waals surface area contributed by atoms with E-state index < -0.39 is 0 Å². The number of benzene rings is 1. The zero-order valence-corrected chi connectivity index (χ0v) is 9.24. The van der Waals surface area contributed by atoms with Crippen LogP contribution < -0.4 is 5.32 Å². The molecule has 0 unspecified atom stereocenters. The molecular weight excluding hydrogens is 237 g/mol. The first-order valence-corrected chi connectivity index (χ1v) is 5.10. The highest BCUT2D eigenvalue weighted by atomic mass is 79.9. The Labute approximate surface area is 86.2 Å². The topological polar surface area (TPSA) is 12.0 Å². The summed E-state index contributed by atoms with van der Waals surface area (Å²) in [5.74, 6) is 0. The van der Waals surface area contributed by atoms with Crippen LogP contribution in [0.5, 0.6) is 0 Å². The standard InChI is InChI=1S/C9H11BrClN/c1-2-5-12-7-3-4-8(10)9(11)6-7/h3-4,6,12H,2,5H2,1H3. The maximum Gasteiger partial charge on any atom is 0.0568 e. The first-order chi connectivity index (χ1) is 5.74. The lowest BCUT2D eigenvalue weighted by atomic mass is 10.3. The summed E-state index contributed by atoms with van der Waals surface area (Å²) in [4.78, 5) is 0. The van der Waals surface area contributed by atoms with Crippen LogP contribution in [0.4, 0.5) is 5.69 Å². The summed E-state index contributed by atoms with van der Waals surface area (Å²) in [5.41, 5.74) is 1.07. The molecule has 12 heavy (non-hydrogen) atoms. The van der Waals surface area contributed by atoms with E-state index in [4.69, 9.17) is 11.6 Å². The van der Waals surface area contributed by atoms with E-state index in [0.29, 0.717) is 0 Å². The Morgan fingerprint density at radius 1 is 1.50 bits per heavy atom. The third-order valence-electron chi connectivity index (χ3n) is 1.50. The number of halogens is 2. The molecule has 0 aliphatic rings. The Bertz CT molecular complexity index is 263. The minimum absolute atomic E-state index is 0.746. The van der Waals surface area contributed by atoms with Crippen molar-refractivity contribution in [3.8, 4) is 0 Å². The second kappa shape index (κ2) is 4.73. The van der Waals surface area contributed by atoms with Crippen molar-refractivity contribution < 1.29 is 0 Å². The Kier molecular flexibility index (Phi) is 3.89.